The van der Waals surface area contributed by atoms with Crippen LogP contribution in [0.15, 0.2) is 24.3 Å². The molecule has 3 rings (SSSR count). The zero-order chi connectivity index (χ0) is 18.0. The van der Waals surface area contributed by atoms with Gasteiger partial charge < -0.3 is 15.8 Å². The Balaban J connectivity index is 0.00000182. The Bertz CT molecular complexity index is 600. The van der Waals surface area contributed by atoms with E-state index in [1.165, 1.54) is 5.56 Å². The van der Waals surface area contributed by atoms with Crippen molar-refractivity contribution in [3.63, 3.8) is 0 Å². The van der Waals surface area contributed by atoms with Crippen LogP contribution in [0.2, 0.25) is 0 Å². The van der Waals surface area contributed by atoms with E-state index in [1.807, 2.05) is 12.1 Å². The van der Waals surface area contributed by atoms with E-state index in [-0.39, 0.29) is 48.5 Å². The van der Waals surface area contributed by atoms with Crippen LogP contribution in [0.4, 0.5) is 0 Å². The van der Waals surface area contributed by atoms with Gasteiger partial charge in [0, 0.05) is 31.7 Å². The average molecular weight is 418 g/mol. The number of hydrogen-bond acceptors (Lipinski definition) is 4. The van der Waals surface area contributed by atoms with Crippen LogP contribution in [0.1, 0.15) is 49.5 Å². The largest absolute Gasteiger partial charge is 0.373 e. The van der Waals surface area contributed by atoms with Crippen molar-refractivity contribution in [3.8, 4) is 0 Å². The Morgan fingerprint density at radius 1 is 1.19 bits per heavy atom. The summed E-state index contributed by atoms with van der Waals surface area (Å²) in [5.74, 6) is 0.492. The van der Waals surface area contributed by atoms with E-state index in [4.69, 9.17) is 10.5 Å². The molecule has 1 saturated heterocycles. The van der Waals surface area contributed by atoms with Crippen LogP contribution in [0.25, 0.3) is 0 Å². The Kier molecular flexibility index (Phi) is 9.03. The van der Waals surface area contributed by atoms with Crippen molar-refractivity contribution in [2.24, 2.45) is 11.7 Å². The van der Waals surface area contributed by atoms with E-state index in [2.05, 4.69) is 43.1 Å². The van der Waals surface area contributed by atoms with Gasteiger partial charge in [0.25, 0.3) is 5.91 Å². The van der Waals surface area contributed by atoms with Crippen LogP contribution in [0.3, 0.4) is 0 Å². The molecule has 0 aromatic heterocycles. The van der Waals surface area contributed by atoms with Crippen molar-refractivity contribution in [3.05, 3.63) is 35.4 Å². The number of morpholine rings is 1. The molecular formula is C20H33Cl2N3O2. The summed E-state index contributed by atoms with van der Waals surface area (Å²) >= 11 is 0. The lowest BCUT2D eigenvalue weighted by Crippen LogP contribution is -2.53. The Hall–Kier alpha value is -0.850. The minimum absolute atomic E-state index is 0. The lowest BCUT2D eigenvalue weighted by Gasteiger charge is -2.35. The third-order valence-electron chi connectivity index (χ3n) is 5.42. The predicted molar refractivity (Wildman–Crippen MR) is 114 cm³/mol. The molecule has 1 amide bonds. The zero-order valence-electron chi connectivity index (χ0n) is 16.4. The third-order valence-corrected chi connectivity index (χ3v) is 5.42. The van der Waals surface area contributed by atoms with E-state index in [1.54, 1.807) is 0 Å². The first-order valence-corrected chi connectivity index (χ1v) is 9.39. The molecule has 3 atom stereocenters. The van der Waals surface area contributed by atoms with Gasteiger partial charge in [0.15, 0.2) is 0 Å². The predicted octanol–water partition coefficient (Wildman–Crippen LogP) is 3.00. The van der Waals surface area contributed by atoms with Gasteiger partial charge in [-0.1, -0.05) is 12.1 Å². The van der Waals surface area contributed by atoms with Gasteiger partial charge in [-0.3, -0.25) is 9.69 Å². The van der Waals surface area contributed by atoms with Crippen molar-refractivity contribution in [2.45, 2.75) is 57.9 Å². The van der Waals surface area contributed by atoms with Gasteiger partial charge in [0.2, 0.25) is 0 Å². The molecule has 1 aliphatic heterocycles. The number of halogens is 2. The Morgan fingerprint density at radius 2 is 1.74 bits per heavy atom. The number of ether oxygens (including phenoxy) is 1. The molecule has 2 aliphatic rings. The monoisotopic (exact) mass is 417 g/mol. The molecule has 5 nitrogen and oxygen atoms in total. The highest BCUT2D eigenvalue weighted by Crippen LogP contribution is 2.39. The molecule has 3 N–H and O–H groups in total. The molecule has 1 aromatic carbocycles. The lowest BCUT2D eigenvalue weighted by atomic mass is 9.95. The van der Waals surface area contributed by atoms with E-state index in [9.17, 15) is 4.79 Å². The molecule has 27 heavy (non-hydrogen) atoms. The van der Waals surface area contributed by atoms with Crippen molar-refractivity contribution >= 4 is 30.7 Å². The molecule has 0 spiro atoms. The maximum absolute atomic E-state index is 12.5. The van der Waals surface area contributed by atoms with Crippen molar-refractivity contribution in [1.29, 1.82) is 0 Å². The number of hydrogen-bond donors (Lipinski definition) is 2. The van der Waals surface area contributed by atoms with Gasteiger partial charge in [0.05, 0.1) is 17.7 Å². The summed E-state index contributed by atoms with van der Waals surface area (Å²) in [7, 11) is 0. The normalized spacial score (nSPS) is 24.9. The number of carbonyl (C=O) groups excluding carboxylic acids is 1. The number of benzene rings is 1. The Labute approximate surface area is 175 Å². The SMILES string of the molecule is CC1CN(Cc2ccc(C(=O)NC(C)(CN)C3CC3)cc2)CC(C)O1.Cl.Cl. The lowest BCUT2D eigenvalue weighted by molar-refractivity contribution is -0.0704. The second kappa shape index (κ2) is 10.1. The fourth-order valence-corrected chi connectivity index (χ4v) is 3.80. The second-order valence-corrected chi connectivity index (χ2v) is 8.00. The number of rotatable bonds is 6. The zero-order valence-corrected chi connectivity index (χ0v) is 18.1. The van der Waals surface area contributed by atoms with Crippen LogP contribution in [0.5, 0.6) is 0 Å². The fourth-order valence-electron chi connectivity index (χ4n) is 3.80. The van der Waals surface area contributed by atoms with Gasteiger partial charge in [-0.2, -0.15) is 0 Å². The summed E-state index contributed by atoms with van der Waals surface area (Å²) < 4.78 is 5.78. The molecule has 154 valence electrons. The highest BCUT2D eigenvalue weighted by molar-refractivity contribution is 5.94. The summed E-state index contributed by atoms with van der Waals surface area (Å²) in [6.07, 6.45) is 2.85. The minimum atomic E-state index is -0.282. The van der Waals surface area contributed by atoms with Gasteiger partial charge in [-0.15, -0.1) is 24.8 Å². The van der Waals surface area contributed by atoms with Gasteiger partial charge in [-0.25, -0.2) is 0 Å². The van der Waals surface area contributed by atoms with Gasteiger partial charge in [0.1, 0.15) is 0 Å². The number of nitrogens with zero attached hydrogens (tertiary/aromatic N) is 1. The summed E-state index contributed by atoms with van der Waals surface area (Å²) in [4.78, 5) is 15.0. The third kappa shape index (κ3) is 6.33. The van der Waals surface area contributed by atoms with Crippen LogP contribution in [-0.4, -0.2) is 48.2 Å². The van der Waals surface area contributed by atoms with Crippen molar-refractivity contribution in [2.75, 3.05) is 19.6 Å². The smallest absolute Gasteiger partial charge is 0.251 e. The molecule has 3 unspecified atom stereocenters. The number of carbonyl (C=O) groups is 1. The van der Waals surface area contributed by atoms with Crippen molar-refractivity contribution < 1.29 is 9.53 Å². The van der Waals surface area contributed by atoms with Gasteiger partial charge in [-0.05, 0) is 57.2 Å². The number of amides is 1. The topological polar surface area (TPSA) is 67.6 Å². The molecule has 1 saturated carbocycles. The quantitative estimate of drug-likeness (QED) is 0.746. The molecule has 2 fully saturated rings. The first-order chi connectivity index (χ1) is 11.9. The molecule has 0 radical (unpaired) electrons. The van der Waals surface area contributed by atoms with E-state index in [0.717, 1.165) is 32.5 Å². The first kappa shape index (κ1) is 24.2. The molecule has 7 heteroatoms. The van der Waals surface area contributed by atoms with Crippen molar-refractivity contribution in [1.82, 2.24) is 10.2 Å². The summed E-state index contributed by atoms with van der Waals surface area (Å²) in [6, 6.07) is 7.94. The maximum Gasteiger partial charge on any atom is 0.251 e. The highest BCUT2D eigenvalue weighted by Gasteiger charge is 2.41. The summed E-state index contributed by atoms with van der Waals surface area (Å²) in [6.45, 7) is 9.55. The summed E-state index contributed by atoms with van der Waals surface area (Å²) in [5, 5.41) is 3.14. The van der Waals surface area contributed by atoms with Gasteiger partial charge >= 0.3 is 0 Å². The van der Waals surface area contributed by atoms with Crippen LogP contribution in [-0.2, 0) is 11.3 Å². The average Bonchev–Trinajstić information content (AvgIpc) is 3.39. The molecule has 1 heterocycles. The summed E-state index contributed by atoms with van der Waals surface area (Å²) in [5.41, 5.74) is 7.54. The molecule has 0 bridgehead atoms. The first-order valence-electron chi connectivity index (χ1n) is 9.39. The second-order valence-electron chi connectivity index (χ2n) is 8.00. The van der Waals surface area contributed by atoms with E-state index < -0.39 is 0 Å². The molecule has 1 aromatic rings. The standard InChI is InChI=1S/C20H31N3O2.2ClH/c1-14-10-23(11-15(2)25-14)12-16-4-6-17(7-5-16)19(24)22-20(3,13-21)18-8-9-18;;/h4-7,14-15,18H,8-13,21H2,1-3H3,(H,22,24);2*1H. The number of nitrogens with two attached hydrogens (primary N) is 1. The fraction of sp³-hybridized carbons (Fsp3) is 0.650. The Morgan fingerprint density at radius 3 is 2.22 bits per heavy atom. The highest BCUT2D eigenvalue weighted by atomic mass is 35.5. The molecule has 1 aliphatic carbocycles. The number of nitrogens with one attached hydrogen (secondary N) is 1. The van der Waals surface area contributed by atoms with Crippen LogP contribution >= 0.6 is 24.8 Å². The van der Waals surface area contributed by atoms with Crippen LogP contribution < -0.4 is 11.1 Å². The molecular weight excluding hydrogens is 385 g/mol. The maximum atomic E-state index is 12.5. The van der Waals surface area contributed by atoms with E-state index >= 15 is 0 Å². The van der Waals surface area contributed by atoms with Crippen LogP contribution in [0, 0.1) is 5.92 Å². The van der Waals surface area contributed by atoms with E-state index in [0.29, 0.717) is 18.0 Å². The minimum Gasteiger partial charge on any atom is -0.373 e.